The van der Waals surface area contributed by atoms with Crippen LogP contribution in [0.5, 0.6) is 0 Å². The van der Waals surface area contributed by atoms with Crippen LogP contribution in [0.1, 0.15) is 26.3 Å². The molecule has 0 fully saturated rings. The van der Waals surface area contributed by atoms with Crippen molar-refractivity contribution in [3.8, 4) is 6.07 Å². The topological polar surface area (TPSA) is 84.2 Å². The number of allylic oxidation sites excluding steroid dienone is 1. The van der Waals surface area contributed by atoms with Gasteiger partial charge in [-0.2, -0.15) is 5.26 Å². The quantitative estimate of drug-likeness (QED) is 0.227. The van der Waals surface area contributed by atoms with Gasteiger partial charge in [-0.1, -0.05) is 19.9 Å². The molecular weight excluding hydrogens is 374 g/mol. The molecule has 6 nitrogen and oxygen atoms in total. The average Bonchev–Trinajstić information content (AvgIpc) is 2.56. The highest BCUT2D eigenvalue weighted by Crippen LogP contribution is 2.15. The van der Waals surface area contributed by atoms with Crippen LogP contribution in [0, 0.1) is 17.2 Å². The normalized spacial score (nSPS) is 11.7. The number of esters is 1. The third-order valence-electron chi connectivity index (χ3n) is 3.10. The predicted molar refractivity (Wildman–Crippen MR) is 93.7 cm³/mol. The molecule has 1 aromatic rings. The summed E-state index contributed by atoms with van der Waals surface area (Å²) in [4.78, 5) is 16.3. The van der Waals surface area contributed by atoms with E-state index in [1.807, 2.05) is 39.0 Å². The Bertz CT molecular complexity index is 607. The second kappa shape index (κ2) is 10.8. The minimum Gasteiger partial charge on any atom is -0.459 e. The molecule has 0 bridgehead atoms. The Balaban J connectivity index is 2.80. The maximum atomic E-state index is 12.1. The highest BCUT2D eigenvalue weighted by atomic mass is 79.9. The number of hydrogen-bond donors (Lipinski definition) is 1. The molecule has 0 aliphatic heterocycles. The fourth-order valence-corrected chi connectivity index (χ4v) is 2.15. The maximum absolute atomic E-state index is 12.1. The minimum absolute atomic E-state index is 0.00781. The zero-order valence-corrected chi connectivity index (χ0v) is 15.7. The molecule has 0 radical (unpaired) electrons. The van der Waals surface area contributed by atoms with E-state index in [4.69, 9.17) is 9.47 Å². The van der Waals surface area contributed by atoms with Crippen LogP contribution in [0.4, 0.5) is 0 Å². The predicted octanol–water partition coefficient (Wildman–Crippen LogP) is 2.95. The molecule has 0 saturated carbocycles. The first-order valence-corrected chi connectivity index (χ1v) is 8.52. The second-order valence-electron chi connectivity index (χ2n) is 5.23. The molecule has 0 aliphatic carbocycles. The first kappa shape index (κ1) is 20.1. The van der Waals surface area contributed by atoms with E-state index in [1.165, 1.54) is 0 Å². The molecule has 130 valence electrons. The Hall–Kier alpha value is -1.91. The van der Waals surface area contributed by atoms with Crippen molar-refractivity contribution in [1.82, 2.24) is 10.3 Å². The Kier molecular flexibility index (Phi) is 9.05. The van der Waals surface area contributed by atoms with Crippen molar-refractivity contribution in [2.75, 3.05) is 19.8 Å². The molecule has 0 unspecified atom stereocenters. The van der Waals surface area contributed by atoms with E-state index in [0.29, 0.717) is 25.5 Å². The molecule has 7 heteroatoms. The third kappa shape index (κ3) is 6.69. The molecule has 0 atom stereocenters. The Morgan fingerprint density at radius 2 is 2.17 bits per heavy atom. The Morgan fingerprint density at radius 3 is 2.71 bits per heavy atom. The number of pyridine rings is 1. The fraction of sp³-hybridized carbons (Fsp3) is 0.471. The van der Waals surface area contributed by atoms with Gasteiger partial charge >= 0.3 is 5.97 Å². The molecule has 0 aliphatic rings. The van der Waals surface area contributed by atoms with Gasteiger partial charge in [0, 0.05) is 25.0 Å². The second-order valence-corrected chi connectivity index (χ2v) is 6.04. The largest absolute Gasteiger partial charge is 0.459 e. The van der Waals surface area contributed by atoms with Gasteiger partial charge in [0.25, 0.3) is 0 Å². The van der Waals surface area contributed by atoms with Crippen LogP contribution < -0.4 is 5.32 Å². The van der Waals surface area contributed by atoms with Crippen LogP contribution >= 0.6 is 15.9 Å². The summed E-state index contributed by atoms with van der Waals surface area (Å²) < 4.78 is 11.0. The lowest BCUT2D eigenvalue weighted by Gasteiger charge is -2.16. The van der Waals surface area contributed by atoms with Crippen molar-refractivity contribution in [3.63, 3.8) is 0 Å². The van der Waals surface area contributed by atoms with E-state index >= 15 is 0 Å². The summed E-state index contributed by atoms with van der Waals surface area (Å²) in [6.07, 6.45) is 1.72. The number of nitrogens with zero attached hydrogens (tertiary/aromatic N) is 2. The molecule has 1 rings (SSSR count). The van der Waals surface area contributed by atoms with Crippen molar-refractivity contribution >= 4 is 21.9 Å². The highest BCUT2D eigenvalue weighted by molar-refractivity contribution is 9.10. The van der Waals surface area contributed by atoms with E-state index < -0.39 is 5.97 Å². The number of nitriles is 1. The number of carbonyl (C=O) groups is 1. The summed E-state index contributed by atoms with van der Waals surface area (Å²) >= 11 is 3.28. The molecule has 0 spiro atoms. The zero-order valence-electron chi connectivity index (χ0n) is 14.1. The summed E-state index contributed by atoms with van der Waals surface area (Å²) in [5.41, 5.74) is 1.49. The van der Waals surface area contributed by atoms with E-state index in [1.54, 1.807) is 6.20 Å². The average molecular weight is 396 g/mol. The van der Waals surface area contributed by atoms with Gasteiger partial charge in [0.1, 0.15) is 17.3 Å². The summed E-state index contributed by atoms with van der Waals surface area (Å²) in [6.45, 7) is 7.14. The molecular formula is C17H22BrN3O3. The van der Waals surface area contributed by atoms with Crippen molar-refractivity contribution in [3.05, 3.63) is 39.8 Å². The first-order valence-electron chi connectivity index (χ1n) is 7.73. The third-order valence-corrected chi connectivity index (χ3v) is 3.57. The molecule has 1 aromatic heterocycles. The van der Waals surface area contributed by atoms with Crippen LogP contribution in [-0.2, 0) is 20.8 Å². The monoisotopic (exact) mass is 395 g/mol. The van der Waals surface area contributed by atoms with E-state index in [9.17, 15) is 10.1 Å². The van der Waals surface area contributed by atoms with Gasteiger partial charge in [0.15, 0.2) is 5.57 Å². The summed E-state index contributed by atoms with van der Waals surface area (Å²) in [5, 5.41) is 12.5. The standard InChI is InChI=1S/C17H22BrN3O3/c1-4-23-7-8-24-17(22)14(9-19)16(12(2)3)21-11-13-5-6-15(18)20-10-13/h5-6,10,12,21H,4,7-8,11H2,1-3H3/b16-14-. The molecule has 1 heterocycles. The number of ether oxygens (including phenoxy) is 2. The Morgan fingerprint density at radius 1 is 1.42 bits per heavy atom. The van der Waals surface area contributed by atoms with E-state index in [-0.39, 0.29) is 18.1 Å². The highest BCUT2D eigenvalue weighted by Gasteiger charge is 2.19. The first-order chi connectivity index (χ1) is 11.5. The number of halogens is 1. The summed E-state index contributed by atoms with van der Waals surface area (Å²) in [6, 6.07) is 5.70. The molecule has 0 aromatic carbocycles. The van der Waals surface area contributed by atoms with Gasteiger partial charge in [-0.15, -0.1) is 0 Å². The zero-order chi connectivity index (χ0) is 17.9. The van der Waals surface area contributed by atoms with Crippen molar-refractivity contribution in [1.29, 1.82) is 5.26 Å². The van der Waals surface area contributed by atoms with Crippen molar-refractivity contribution in [2.24, 2.45) is 5.92 Å². The van der Waals surface area contributed by atoms with Crippen LogP contribution in [0.25, 0.3) is 0 Å². The van der Waals surface area contributed by atoms with Crippen molar-refractivity contribution < 1.29 is 14.3 Å². The summed E-state index contributed by atoms with van der Waals surface area (Å²) in [7, 11) is 0. The van der Waals surface area contributed by atoms with E-state index in [0.717, 1.165) is 10.2 Å². The summed E-state index contributed by atoms with van der Waals surface area (Å²) in [5.74, 6) is -0.662. The van der Waals surface area contributed by atoms with E-state index in [2.05, 4.69) is 26.2 Å². The smallest absolute Gasteiger partial charge is 0.350 e. The SMILES string of the molecule is CCOCCOC(=O)/C(C#N)=C(\NCc1ccc(Br)nc1)C(C)C. The Labute approximate surface area is 151 Å². The number of rotatable bonds is 9. The van der Waals surface area contributed by atoms with Gasteiger partial charge in [0.05, 0.1) is 6.61 Å². The lowest BCUT2D eigenvalue weighted by molar-refractivity contribution is -0.140. The van der Waals surface area contributed by atoms with Crippen LogP contribution in [-0.4, -0.2) is 30.8 Å². The number of carbonyl (C=O) groups excluding carboxylic acids is 1. The van der Waals surface area contributed by atoms with Crippen LogP contribution in [0.3, 0.4) is 0 Å². The lowest BCUT2D eigenvalue weighted by Crippen LogP contribution is -2.23. The lowest BCUT2D eigenvalue weighted by atomic mass is 10.0. The number of aromatic nitrogens is 1. The minimum atomic E-state index is -0.637. The molecule has 0 saturated heterocycles. The van der Waals surface area contributed by atoms with Gasteiger partial charge in [-0.25, -0.2) is 9.78 Å². The molecule has 1 N–H and O–H groups in total. The van der Waals surface area contributed by atoms with Gasteiger partial charge in [-0.05, 0) is 40.4 Å². The number of nitrogens with one attached hydrogen (secondary N) is 1. The maximum Gasteiger partial charge on any atom is 0.350 e. The fourth-order valence-electron chi connectivity index (χ4n) is 1.92. The van der Waals surface area contributed by atoms with Crippen LogP contribution in [0.2, 0.25) is 0 Å². The van der Waals surface area contributed by atoms with Gasteiger partial charge < -0.3 is 14.8 Å². The van der Waals surface area contributed by atoms with Gasteiger partial charge in [0.2, 0.25) is 0 Å². The number of hydrogen-bond acceptors (Lipinski definition) is 6. The van der Waals surface area contributed by atoms with Crippen LogP contribution in [0.15, 0.2) is 34.2 Å². The van der Waals surface area contributed by atoms with Crippen molar-refractivity contribution in [2.45, 2.75) is 27.3 Å². The van der Waals surface area contributed by atoms with Gasteiger partial charge in [-0.3, -0.25) is 0 Å². The molecule has 0 amide bonds. The molecule has 24 heavy (non-hydrogen) atoms.